The monoisotopic (exact) mass is 485 g/mol. The van der Waals surface area contributed by atoms with Gasteiger partial charge in [-0.25, -0.2) is 13.1 Å². The third-order valence-electron chi connectivity index (χ3n) is 6.05. The number of hydrogen-bond acceptors (Lipinski definition) is 6. The second-order valence-corrected chi connectivity index (χ2v) is 10.7. The molecule has 1 aliphatic rings. The standard InChI is InChI=1S/C24H31N5O4S/c1-4-33-23-10-6-5-8-18(23)15-25-24(30)19-9-7-13-28(16-19)34(31,32)20-11-12-22-21(14-20)26-27-29(22)17(2)3/h5-6,8,10-12,14,17,19H,4,7,9,13,15-16H2,1-3H3,(H,25,30)/t19-/m1/s1. The van der Waals surface area contributed by atoms with Gasteiger partial charge in [-0.1, -0.05) is 23.4 Å². The summed E-state index contributed by atoms with van der Waals surface area (Å²) in [6.45, 7) is 7.31. The van der Waals surface area contributed by atoms with Crippen molar-refractivity contribution in [1.29, 1.82) is 0 Å². The van der Waals surface area contributed by atoms with Crippen LogP contribution in [-0.2, 0) is 21.4 Å². The fraction of sp³-hybridized carbons (Fsp3) is 0.458. The molecule has 1 aromatic heterocycles. The van der Waals surface area contributed by atoms with Crippen LogP contribution in [-0.4, -0.2) is 53.3 Å². The lowest BCUT2D eigenvalue weighted by Crippen LogP contribution is -2.45. The molecule has 9 nitrogen and oxygen atoms in total. The molecule has 10 heteroatoms. The Morgan fingerprint density at radius 1 is 1.24 bits per heavy atom. The van der Waals surface area contributed by atoms with Gasteiger partial charge in [-0.3, -0.25) is 4.79 Å². The Hall–Kier alpha value is -2.98. The van der Waals surface area contributed by atoms with Crippen LogP contribution < -0.4 is 10.1 Å². The maximum Gasteiger partial charge on any atom is 0.243 e. The molecule has 1 N–H and O–H groups in total. The first-order valence-electron chi connectivity index (χ1n) is 11.6. The van der Waals surface area contributed by atoms with E-state index in [2.05, 4.69) is 15.6 Å². The van der Waals surface area contributed by atoms with Crippen LogP contribution in [0.2, 0.25) is 0 Å². The van der Waals surface area contributed by atoms with Crippen molar-refractivity contribution >= 4 is 27.0 Å². The van der Waals surface area contributed by atoms with E-state index in [1.165, 1.54) is 4.31 Å². The quantitative estimate of drug-likeness (QED) is 0.525. The number of rotatable bonds is 8. The zero-order valence-corrected chi connectivity index (χ0v) is 20.6. The van der Waals surface area contributed by atoms with Gasteiger partial charge >= 0.3 is 0 Å². The number of nitrogens with one attached hydrogen (secondary N) is 1. The van der Waals surface area contributed by atoms with E-state index < -0.39 is 15.9 Å². The van der Waals surface area contributed by atoms with E-state index in [0.29, 0.717) is 38.1 Å². The van der Waals surface area contributed by atoms with Crippen LogP contribution in [0.4, 0.5) is 0 Å². The highest BCUT2D eigenvalue weighted by atomic mass is 32.2. The van der Waals surface area contributed by atoms with Crippen LogP contribution >= 0.6 is 0 Å². The molecule has 1 amide bonds. The fourth-order valence-corrected chi connectivity index (χ4v) is 5.80. The lowest BCUT2D eigenvalue weighted by Gasteiger charge is -2.31. The Kier molecular flexibility index (Phi) is 7.18. The van der Waals surface area contributed by atoms with Crippen molar-refractivity contribution in [2.45, 2.75) is 51.1 Å². The molecule has 0 spiro atoms. The van der Waals surface area contributed by atoms with Gasteiger partial charge in [0.15, 0.2) is 0 Å². The van der Waals surface area contributed by atoms with E-state index >= 15 is 0 Å². The van der Waals surface area contributed by atoms with Gasteiger partial charge in [0.1, 0.15) is 11.3 Å². The summed E-state index contributed by atoms with van der Waals surface area (Å²) in [7, 11) is -3.76. The van der Waals surface area contributed by atoms with Gasteiger partial charge in [0.25, 0.3) is 0 Å². The molecule has 0 bridgehead atoms. The number of fused-ring (bicyclic) bond motifs is 1. The highest BCUT2D eigenvalue weighted by Crippen LogP contribution is 2.27. The number of para-hydroxylation sites is 1. The van der Waals surface area contributed by atoms with Gasteiger partial charge in [-0.15, -0.1) is 5.10 Å². The van der Waals surface area contributed by atoms with Gasteiger partial charge < -0.3 is 10.1 Å². The molecule has 1 aliphatic heterocycles. The largest absolute Gasteiger partial charge is 0.494 e. The van der Waals surface area contributed by atoms with Gasteiger partial charge in [-0.05, 0) is 57.9 Å². The van der Waals surface area contributed by atoms with Crippen molar-refractivity contribution in [3.63, 3.8) is 0 Å². The van der Waals surface area contributed by atoms with Crippen molar-refractivity contribution in [3.05, 3.63) is 48.0 Å². The number of carbonyl (C=O) groups is 1. The van der Waals surface area contributed by atoms with E-state index in [1.807, 2.05) is 45.0 Å². The molecular weight excluding hydrogens is 454 g/mol. The SMILES string of the molecule is CCOc1ccccc1CNC(=O)[C@@H]1CCCN(S(=O)(=O)c2ccc3c(c2)nnn3C(C)C)C1. The molecule has 0 unspecified atom stereocenters. The van der Waals surface area contributed by atoms with Crippen LogP contribution in [0.5, 0.6) is 5.75 Å². The first-order valence-corrected chi connectivity index (χ1v) is 13.1. The fourth-order valence-electron chi connectivity index (χ4n) is 4.26. The number of benzene rings is 2. The van der Waals surface area contributed by atoms with Crippen LogP contribution in [0, 0.1) is 5.92 Å². The molecule has 2 aromatic carbocycles. The summed E-state index contributed by atoms with van der Waals surface area (Å²) in [5.41, 5.74) is 2.21. The summed E-state index contributed by atoms with van der Waals surface area (Å²) in [6, 6.07) is 12.6. The Morgan fingerprint density at radius 2 is 2.03 bits per heavy atom. The molecular formula is C24H31N5O4S. The summed E-state index contributed by atoms with van der Waals surface area (Å²) >= 11 is 0. The topological polar surface area (TPSA) is 106 Å². The summed E-state index contributed by atoms with van der Waals surface area (Å²) < 4.78 is 35.5. The maximum atomic E-state index is 13.4. The van der Waals surface area contributed by atoms with Gasteiger partial charge in [-0.2, -0.15) is 4.31 Å². The average Bonchev–Trinajstić information content (AvgIpc) is 3.27. The average molecular weight is 486 g/mol. The predicted octanol–water partition coefficient (Wildman–Crippen LogP) is 3.13. The number of amides is 1. The van der Waals surface area contributed by atoms with Crippen molar-refractivity contribution in [2.24, 2.45) is 5.92 Å². The second-order valence-electron chi connectivity index (χ2n) is 8.74. The molecule has 1 saturated heterocycles. The first kappa shape index (κ1) is 24.2. The minimum Gasteiger partial charge on any atom is -0.494 e. The summed E-state index contributed by atoms with van der Waals surface area (Å²) in [4.78, 5) is 13.1. The number of carbonyl (C=O) groups excluding carboxylic acids is 1. The number of hydrogen-bond donors (Lipinski definition) is 1. The lowest BCUT2D eigenvalue weighted by atomic mass is 9.98. The predicted molar refractivity (Wildman–Crippen MR) is 129 cm³/mol. The molecule has 34 heavy (non-hydrogen) atoms. The number of nitrogens with zero attached hydrogens (tertiary/aromatic N) is 4. The molecule has 182 valence electrons. The van der Waals surface area contributed by atoms with Gasteiger partial charge in [0.05, 0.1) is 22.9 Å². The van der Waals surface area contributed by atoms with Crippen molar-refractivity contribution in [3.8, 4) is 5.75 Å². The second kappa shape index (κ2) is 10.1. The van der Waals surface area contributed by atoms with E-state index in [4.69, 9.17) is 4.74 Å². The van der Waals surface area contributed by atoms with Crippen molar-refractivity contribution < 1.29 is 17.9 Å². The number of piperidine rings is 1. The summed E-state index contributed by atoms with van der Waals surface area (Å²) in [5, 5.41) is 11.2. The number of sulfonamides is 1. The van der Waals surface area contributed by atoms with Gasteiger partial charge in [0.2, 0.25) is 15.9 Å². The molecule has 0 radical (unpaired) electrons. The lowest BCUT2D eigenvalue weighted by molar-refractivity contribution is -0.126. The van der Waals surface area contributed by atoms with E-state index in [0.717, 1.165) is 16.8 Å². The highest BCUT2D eigenvalue weighted by molar-refractivity contribution is 7.89. The summed E-state index contributed by atoms with van der Waals surface area (Å²) in [5.74, 6) is 0.179. The molecule has 0 saturated carbocycles. The maximum absolute atomic E-state index is 13.4. The summed E-state index contributed by atoms with van der Waals surface area (Å²) in [6.07, 6.45) is 1.27. The Balaban J connectivity index is 1.45. The van der Waals surface area contributed by atoms with E-state index in [1.54, 1.807) is 22.9 Å². The zero-order valence-electron chi connectivity index (χ0n) is 19.8. The van der Waals surface area contributed by atoms with E-state index in [-0.39, 0.29) is 23.4 Å². The first-order chi connectivity index (χ1) is 16.3. The van der Waals surface area contributed by atoms with Crippen LogP contribution in [0.25, 0.3) is 11.0 Å². The normalized spacial score (nSPS) is 17.2. The smallest absolute Gasteiger partial charge is 0.243 e. The minimum absolute atomic E-state index is 0.120. The Bertz CT molecular complexity index is 1270. The third-order valence-corrected chi connectivity index (χ3v) is 7.91. The zero-order chi connectivity index (χ0) is 24.3. The molecule has 0 aliphatic carbocycles. The molecule has 1 atom stereocenters. The van der Waals surface area contributed by atoms with Crippen LogP contribution in [0.3, 0.4) is 0 Å². The Morgan fingerprint density at radius 3 is 2.79 bits per heavy atom. The molecule has 2 heterocycles. The molecule has 3 aromatic rings. The highest BCUT2D eigenvalue weighted by Gasteiger charge is 2.33. The molecule has 4 rings (SSSR count). The van der Waals surface area contributed by atoms with Crippen molar-refractivity contribution in [2.75, 3.05) is 19.7 Å². The van der Waals surface area contributed by atoms with Crippen LogP contribution in [0.15, 0.2) is 47.4 Å². The van der Waals surface area contributed by atoms with E-state index in [9.17, 15) is 13.2 Å². The third kappa shape index (κ3) is 4.92. The minimum atomic E-state index is -3.76. The Labute approximate surface area is 200 Å². The van der Waals surface area contributed by atoms with Crippen molar-refractivity contribution in [1.82, 2.24) is 24.6 Å². The van der Waals surface area contributed by atoms with Crippen LogP contribution in [0.1, 0.15) is 45.2 Å². The van der Waals surface area contributed by atoms with Gasteiger partial charge in [0, 0.05) is 31.2 Å². The number of ether oxygens (including phenoxy) is 1. The number of aromatic nitrogens is 3. The molecule has 1 fully saturated rings.